The number of benzene rings is 4. The Balaban J connectivity index is 1.61. The highest BCUT2D eigenvalue weighted by Crippen LogP contribution is 2.27. The van der Waals surface area contributed by atoms with Crippen LogP contribution in [0.25, 0.3) is 45.3 Å². The molecule has 31 heavy (non-hydrogen) atoms. The third-order valence-electron chi connectivity index (χ3n) is 5.00. The van der Waals surface area contributed by atoms with Crippen LogP contribution in [0.5, 0.6) is 0 Å². The standard InChI is InChI=1S/C27H18FN3/c28-24-13-7-12-23(18-24)27-30-25(21-10-5-2-6-11-21)29-26(31-27)22-16-14-20(15-17-22)19-8-3-1-4-9-19/h1-18H. The van der Waals surface area contributed by atoms with Gasteiger partial charge >= 0.3 is 0 Å². The molecule has 0 fully saturated rings. The SMILES string of the molecule is Fc1cccc(-c2nc(-c3ccccc3)nc(-c3ccc(-c4ccccc4)cc3)n2)c1. The van der Waals surface area contributed by atoms with Gasteiger partial charge in [-0.2, -0.15) is 0 Å². The second-order valence-corrected chi connectivity index (χ2v) is 7.13. The van der Waals surface area contributed by atoms with Crippen molar-refractivity contribution in [2.45, 2.75) is 0 Å². The van der Waals surface area contributed by atoms with Crippen LogP contribution >= 0.6 is 0 Å². The van der Waals surface area contributed by atoms with Gasteiger partial charge in [-0.3, -0.25) is 0 Å². The van der Waals surface area contributed by atoms with E-state index < -0.39 is 0 Å². The zero-order chi connectivity index (χ0) is 21.0. The van der Waals surface area contributed by atoms with Crippen LogP contribution in [0.15, 0.2) is 109 Å². The normalized spacial score (nSPS) is 10.7. The fourth-order valence-corrected chi connectivity index (χ4v) is 3.42. The summed E-state index contributed by atoms with van der Waals surface area (Å²) in [6, 6.07) is 34.3. The summed E-state index contributed by atoms with van der Waals surface area (Å²) in [5.74, 6) is 1.22. The summed E-state index contributed by atoms with van der Waals surface area (Å²) in [4.78, 5) is 14.0. The molecule has 0 aliphatic heterocycles. The van der Waals surface area contributed by atoms with E-state index in [9.17, 15) is 4.39 Å². The summed E-state index contributed by atoms with van der Waals surface area (Å²) < 4.78 is 13.8. The van der Waals surface area contributed by atoms with Crippen LogP contribution in [0.3, 0.4) is 0 Å². The Morgan fingerprint density at radius 1 is 0.387 bits per heavy atom. The maximum atomic E-state index is 13.8. The number of rotatable bonds is 4. The predicted molar refractivity (Wildman–Crippen MR) is 122 cm³/mol. The zero-order valence-corrected chi connectivity index (χ0v) is 16.6. The van der Waals surface area contributed by atoms with E-state index in [-0.39, 0.29) is 5.82 Å². The Kier molecular flexibility index (Phi) is 5.03. The van der Waals surface area contributed by atoms with Gasteiger partial charge in [0.2, 0.25) is 0 Å². The second-order valence-electron chi connectivity index (χ2n) is 7.13. The van der Waals surface area contributed by atoms with E-state index in [0.29, 0.717) is 23.0 Å². The van der Waals surface area contributed by atoms with E-state index in [4.69, 9.17) is 4.98 Å². The van der Waals surface area contributed by atoms with Crippen LogP contribution < -0.4 is 0 Å². The van der Waals surface area contributed by atoms with Crippen LogP contribution in [0.4, 0.5) is 4.39 Å². The summed E-state index contributed by atoms with van der Waals surface area (Å²) in [7, 11) is 0. The molecule has 4 aromatic carbocycles. The lowest BCUT2D eigenvalue weighted by atomic mass is 10.0. The molecule has 0 unspecified atom stereocenters. The lowest BCUT2D eigenvalue weighted by molar-refractivity contribution is 0.628. The number of nitrogens with zero attached hydrogens (tertiary/aromatic N) is 3. The minimum atomic E-state index is -0.326. The molecule has 0 aliphatic rings. The molecular weight excluding hydrogens is 385 g/mol. The van der Waals surface area contributed by atoms with Gasteiger partial charge in [-0.15, -0.1) is 0 Å². The van der Waals surface area contributed by atoms with Crippen molar-refractivity contribution in [2.75, 3.05) is 0 Å². The second kappa shape index (κ2) is 8.28. The maximum absolute atomic E-state index is 13.8. The number of halogens is 1. The highest BCUT2D eigenvalue weighted by molar-refractivity contribution is 5.70. The first-order chi connectivity index (χ1) is 15.3. The quantitative estimate of drug-likeness (QED) is 0.336. The first-order valence-electron chi connectivity index (χ1n) is 9.99. The molecule has 0 bridgehead atoms. The van der Waals surface area contributed by atoms with Crippen LogP contribution in [0, 0.1) is 5.82 Å². The topological polar surface area (TPSA) is 38.7 Å². The summed E-state index contributed by atoms with van der Waals surface area (Å²) in [6.45, 7) is 0. The largest absolute Gasteiger partial charge is 0.208 e. The highest BCUT2D eigenvalue weighted by atomic mass is 19.1. The Morgan fingerprint density at radius 3 is 1.39 bits per heavy atom. The zero-order valence-electron chi connectivity index (χ0n) is 16.6. The van der Waals surface area contributed by atoms with Gasteiger partial charge in [-0.05, 0) is 23.3 Å². The van der Waals surface area contributed by atoms with Crippen molar-refractivity contribution >= 4 is 0 Å². The average Bonchev–Trinajstić information content (AvgIpc) is 2.85. The third kappa shape index (κ3) is 4.09. The fourth-order valence-electron chi connectivity index (χ4n) is 3.42. The molecule has 5 aromatic rings. The molecule has 0 amide bonds. The minimum Gasteiger partial charge on any atom is -0.208 e. The highest BCUT2D eigenvalue weighted by Gasteiger charge is 2.12. The lowest BCUT2D eigenvalue weighted by Gasteiger charge is -2.09. The van der Waals surface area contributed by atoms with Gasteiger partial charge in [0, 0.05) is 16.7 Å². The van der Waals surface area contributed by atoms with E-state index >= 15 is 0 Å². The monoisotopic (exact) mass is 403 g/mol. The van der Waals surface area contributed by atoms with Gasteiger partial charge in [-0.1, -0.05) is 97.1 Å². The van der Waals surface area contributed by atoms with Gasteiger partial charge in [0.05, 0.1) is 0 Å². The van der Waals surface area contributed by atoms with E-state index in [1.165, 1.54) is 12.1 Å². The van der Waals surface area contributed by atoms with Gasteiger partial charge < -0.3 is 0 Å². The van der Waals surface area contributed by atoms with E-state index in [2.05, 4.69) is 34.2 Å². The smallest absolute Gasteiger partial charge is 0.164 e. The van der Waals surface area contributed by atoms with Gasteiger partial charge in [-0.25, -0.2) is 19.3 Å². The first-order valence-corrected chi connectivity index (χ1v) is 9.99. The molecule has 0 saturated carbocycles. The molecule has 148 valence electrons. The Morgan fingerprint density at radius 2 is 0.806 bits per heavy atom. The van der Waals surface area contributed by atoms with Crippen molar-refractivity contribution in [2.24, 2.45) is 0 Å². The van der Waals surface area contributed by atoms with Crippen molar-refractivity contribution in [3.63, 3.8) is 0 Å². The predicted octanol–water partition coefficient (Wildman–Crippen LogP) is 6.68. The van der Waals surface area contributed by atoms with Gasteiger partial charge in [0.1, 0.15) is 5.82 Å². The fraction of sp³-hybridized carbons (Fsp3) is 0. The van der Waals surface area contributed by atoms with Gasteiger partial charge in [0.25, 0.3) is 0 Å². The first kappa shape index (κ1) is 18.8. The number of hydrogen-bond donors (Lipinski definition) is 0. The maximum Gasteiger partial charge on any atom is 0.164 e. The summed E-state index contributed by atoms with van der Waals surface area (Å²) >= 11 is 0. The molecule has 0 saturated heterocycles. The van der Waals surface area contributed by atoms with Crippen molar-refractivity contribution in [3.8, 4) is 45.3 Å². The van der Waals surface area contributed by atoms with Crippen LogP contribution in [0.1, 0.15) is 0 Å². The van der Waals surface area contributed by atoms with Crippen molar-refractivity contribution in [1.82, 2.24) is 15.0 Å². The van der Waals surface area contributed by atoms with E-state index in [0.717, 1.165) is 22.3 Å². The summed E-state index contributed by atoms with van der Waals surface area (Å²) in [5, 5.41) is 0. The molecule has 1 aromatic heterocycles. The third-order valence-corrected chi connectivity index (χ3v) is 5.00. The molecule has 0 spiro atoms. The van der Waals surface area contributed by atoms with Gasteiger partial charge in [0.15, 0.2) is 17.5 Å². The Bertz CT molecular complexity index is 1320. The Hall–Kier alpha value is -4.18. The lowest BCUT2D eigenvalue weighted by Crippen LogP contribution is -2.00. The van der Waals surface area contributed by atoms with Crippen molar-refractivity contribution in [1.29, 1.82) is 0 Å². The Labute approximate surface area is 179 Å². The van der Waals surface area contributed by atoms with Crippen molar-refractivity contribution in [3.05, 3.63) is 115 Å². The van der Waals surface area contributed by atoms with Crippen LogP contribution in [-0.4, -0.2) is 15.0 Å². The number of hydrogen-bond acceptors (Lipinski definition) is 3. The van der Waals surface area contributed by atoms with Crippen LogP contribution in [-0.2, 0) is 0 Å². The molecule has 3 nitrogen and oxygen atoms in total. The van der Waals surface area contributed by atoms with E-state index in [1.54, 1.807) is 12.1 Å². The molecule has 0 N–H and O–H groups in total. The van der Waals surface area contributed by atoms with Crippen LogP contribution in [0.2, 0.25) is 0 Å². The molecule has 4 heteroatoms. The van der Waals surface area contributed by atoms with Crippen molar-refractivity contribution < 1.29 is 4.39 Å². The molecule has 5 rings (SSSR count). The average molecular weight is 403 g/mol. The molecule has 0 radical (unpaired) electrons. The molecule has 1 heterocycles. The summed E-state index contributed by atoms with van der Waals surface area (Å²) in [5.41, 5.74) is 4.63. The molecule has 0 atom stereocenters. The molecule has 0 aliphatic carbocycles. The summed E-state index contributed by atoms with van der Waals surface area (Å²) in [6.07, 6.45) is 0. The van der Waals surface area contributed by atoms with E-state index in [1.807, 2.05) is 60.7 Å². The minimum absolute atomic E-state index is 0.326. The molecular formula is C27H18FN3. The number of aromatic nitrogens is 3.